The highest BCUT2D eigenvalue weighted by molar-refractivity contribution is 5.84. The van der Waals surface area contributed by atoms with E-state index in [1.165, 1.54) is 10.8 Å². The van der Waals surface area contributed by atoms with Crippen LogP contribution in [0.15, 0.2) is 10.9 Å². The van der Waals surface area contributed by atoms with Crippen molar-refractivity contribution >= 4 is 18.1 Å². The number of hydrogen-bond acceptors (Lipinski definition) is 5. The van der Waals surface area contributed by atoms with Gasteiger partial charge in [0.15, 0.2) is 5.60 Å². The van der Waals surface area contributed by atoms with Crippen LogP contribution in [0.5, 0.6) is 0 Å². The van der Waals surface area contributed by atoms with Crippen LogP contribution in [-0.4, -0.2) is 20.6 Å². The van der Waals surface area contributed by atoms with Crippen LogP contribution in [0.25, 0.3) is 23.5 Å². The van der Waals surface area contributed by atoms with Gasteiger partial charge in [-0.05, 0) is 42.0 Å². The molecule has 0 aromatic carbocycles. The first-order valence-corrected chi connectivity index (χ1v) is 10.3. The molecule has 0 spiro atoms. The lowest BCUT2D eigenvalue weighted by molar-refractivity contribution is -0.172. The highest BCUT2D eigenvalue weighted by atomic mass is 16.6. The number of carbonyl (C=O) groups is 1. The Bertz CT molecular complexity index is 1260. The Kier molecular flexibility index (Phi) is 3.87. The monoisotopic (exact) mass is 392 g/mol. The molecule has 3 aliphatic rings. The summed E-state index contributed by atoms with van der Waals surface area (Å²) < 4.78 is 6.85. The molecule has 6 nitrogen and oxygen atoms in total. The molecular weight excluding hydrogens is 368 g/mol. The number of pyridine rings is 2. The van der Waals surface area contributed by atoms with Gasteiger partial charge in [-0.15, -0.1) is 0 Å². The van der Waals surface area contributed by atoms with Gasteiger partial charge in [0.05, 0.1) is 28.8 Å². The average molecular weight is 392 g/mol. The summed E-state index contributed by atoms with van der Waals surface area (Å²) in [5.74, 6) is -0.228. The van der Waals surface area contributed by atoms with Crippen molar-refractivity contribution in [2.24, 2.45) is 5.92 Å². The van der Waals surface area contributed by atoms with Crippen molar-refractivity contribution in [3.63, 3.8) is 0 Å². The second kappa shape index (κ2) is 6.13. The minimum Gasteiger partial charge on any atom is -0.458 e. The van der Waals surface area contributed by atoms with Crippen LogP contribution >= 0.6 is 0 Å². The molecule has 6 heteroatoms. The Hall–Kier alpha value is -2.73. The van der Waals surface area contributed by atoms with Gasteiger partial charge in [0.25, 0.3) is 5.56 Å². The van der Waals surface area contributed by atoms with Gasteiger partial charge in [0.2, 0.25) is 0 Å². The van der Waals surface area contributed by atoms with Crippen molar-refractivity contribution in [3.8, 4) is 11.4 Å². The fourth-order valence-corrected chi connectivity index (χ4v) is 4.90. The lowest BCUT2D eigenvalue weighted by Crippen LogP contribution is -2.44. The molecule has 2 aromatic heterocycles. The summed E-state index contributed by atoms with van der Waals surface area (Å²) in [6, 6.07) is 1.78. The Balaban J connectivity index is 1.83. The second-order valence-corrected chi connectivity index (χ2v) is 8.26. The van der Waals surface area contributed by atoms with Gasteiger partial charge in [-0.1, -0.05) is 32.9 Å². The first-order valence-electron chi connectivity index (χ1n) is 10.3. The van der Waals surface area contributed by atoms with Crippen molar-refractivity contribution < 1.29 is 14.6 Å². The molecule has 2 aromatic rings. The molecular formula is C23H24N2O4. The smallest absolute Gasteiger partial charge is 0.343 e. The Labute approximate surface area is 168 Å². The molecule has 0 bridgehead atoms. The Morgan fingerprint density at radius 2 is 2.10 bits per heavy atom. The van der Waals surface area contributed by atoms with E-state index in [2.05, 4.69) is 26.0 Å². The molecule has 1 N–H and O–H groups in total. The summed E-state index contributed by atoms with van der Waals surface area (Å²) in [6.45, 7) is 6.39. The number of hydrogen-bond donors (Lipinski definition) is 1. The molecule has 0 saturated heterocycles. The predicted molar refractivity (Wildman–Crippen MR) is 108 cm³/mol. The molecule has 0 radical (unpaired) electrons. The molecule has 2 aliphatic heterocycles. The third-order valence-corrected chi connectivity index (χ3v) is 6.57. The van der Waals surface area contributed by atoms with Crippen LogP contribution in [-0.2, 0) is 34.7 Å². The fourth-order valence-electron chi connectivity index (χ4n) is 4.90. The van der Waals surface area contributed by atoms with Crippen molar-refractivity contribution in [1.82, 2.24) is 9.55 Å². The highest BCUT2D eigenvalue weighted by Crippen LogP contribution is 2.38. The van der Waals surface area contributed by atoms with Crippen molar-refractivity contribution in [1.29, 1.82) is 0 Å². The van der Waals surface area contributed by atoms with E-state index in [1.54, 1.807) is 17.6 Å². The topological polar surface area (TPSA) is 81.4 Å². The van der Waals surface area contributed by atoms with E-state index in [1.807, 2.05) is 0 Å². The number of nitrogens with zero attached hydrogens (tertiary/aromatic N) is 2. The number of esters is 1. The fraction of sp³-hybridized carbons (Fsp3) is 0.435. The highest BCUT2D eigenvalue weighted by Gasteiger charge is 2.45. The van der Waals surface area contributed by atoms with E-state index >= 15 is 0 Å². The van der Waals surface area contributed by atoms with Gasteiger partial charge in [-0.3, -0.25) is 4.79 Å². The van der Waals surface area contributed by atoms with Gasteiger partial charge in [-0.25, -0.2) is 9.78 Å². The number of rotatable bonds is 2. The summed E-state index contributed by atoms with van der Waals surface area (Å²) >= 11 is 0. The SMILES string of the molecule is CCc1c2c(nc3c1=CC(C)CC=3)-c1cc3c(c(=O)n1C2)COC(=O)[C@]3(O)CC. The van der Waals surface area contributed by atoms with E-state index in [0.29, 0.717) is 29.3 Å². The summed E-state index contributed by atoms with van der Waals surface area (Å²) in [7, 11) is 0. The van der Waals surface area contributed by atoms with Crippen LogP contribution in [0.3, 0.4) is 0 Å². The lowest BCUT2D eigenvalue weighted by atomic mass is 9.86. The van der Waals surface area contributed by atoms with Crippen LogP contribution in [0.4, 0.5) is 0 Å². The van der Waals surface area contributed by atoms with Gasteiger partial charge in [0.1, 0.15) is 6.61 Å². The maximum Gasteiger partial charge on any atom is 0.343 e. The molecule has 0 amide bonds. The van der Waals surface area contributed by atoms with E-state index in [-0.39, 0.29) is 18.6 Å². The normalized spacial score (nSPS) is 23.9. The quantitative estimate of drug-likeness (QED) is 0.661. The van der Waals surface area contributed by atoms with Crippen LogP contribution < -0.4 is 16.1 Å². The van der Waals surface area contributed by atoms with Gasteiger partial charge < -0.3 is 14.4 Å². The molecule has 29 heavy (non-hydrogen) atoms. The molecule has 4 heterocycles. The Morgan fingerprint density at radius 1 is 1.31 bits per heavy atom. The summed E-state index contributed by atoms with van der Waals surface area (Å²) in [6.07, 6.45) is 6.39. The largest absolute Gasteiger partial charge is 0.458 e. The maximum atomic E-state index is 13.3. The van der Waals surface area contributed by atoms with Crippen molar-refractivity contribution in [2.75, 3.05) is 0 Å². The van der Waals surface area contributed by atoms with E-state index in [0.717, 1.165) is 29.4 Å². The van der Waals surface area contributed by atoms with Crippen LogP contribution in [0, 0.1) is 5.92 Å². The van der Waals surface area contributed by atoms with Gasteiger partial charge >= 0.3 is 5.97 Å². The van der Waals surface area contributed by atoms with E-state index in [9.17, 15) is 14.7 Å². The van der Waals surface area contributed by atoms with Crippen LogP contribution in [0.1, 0.15) is 55.9 Å². The molecule has 2 atom stereocenters. The molecule has 1 aliphatic carbocycles. The minimum atomic E-state index is -1.79. The van der Waals surface area contributed by atoms with E-state index in [4.69, 9.17) is 9.72 Å². The zero-order valence-electron chi connectivity index (χ0n) is 16.9. The molecule has 1 unspecified atom stereocenters. The first-order chi connectivity index (χ1) is 13.9. The van der Waals surface area contributed by atoms with Crippen LogP contribution in [0.2, 0.25) is 0 Å². The molecule has 150 valence electrons. The standard InChI is InChI=1S/C23H24N2O4/c1-4-13-14-8-12(3)6-7-18(14)24-20-15(13)10-25-19(20)9-17-16(21(25)26)11-29-22(27)23(17,28)5-2/h7-9,12,28H,4-6,10-11H2,1-3H3/t12?,23-/m0/s1. The second-order valence-electron chi connectivity index (χ2n) is 8.26. The summed E-state index contributed by atoms with van der Waals surface area (Å²) in [5, 5.41) is 13.1. The Morgan fingerprint density at radius 3 is 2.83 bits per heavy atom. The van der Waals surface area contributed by atoms with E-state index < -0.39 is 11.6 Å². The minimum absolute atomic E-state index is 0.102. The summed E-state index contributed by atoms with van der Waals surface area (Å²) in [4.78, 5) is 30.5. The first kappa shape index (κ1) is 18.3. The summed E-state index contributed by atoms with van der Waals surface area (Å²) in [5.41, 5.74) is 2.48. The molecule has 5 rings (SSSR count). The average Bonchev–Trinajstić information content (AvgIpc) is 3.08. The number of aliphatic hydroxyl groups is 1. The van der Waals surface area contributed by atoms with Gasteiger partial charge in [-0.2, -0.15) is 0 Å². The third-order valence-electron chi connectivity index (χ3n) is 6.57. The zero-order chi connectivity index (χ0) is 20.5. The lowest BCUT2D eigenvalue weighted by Gasteiger charge is -2.31. The maximum absolute atomic E-state index is 13.3. The number of aromatic nitrogens is 2. The molecule has 0 fully saturated rings. The van der Waals surface area contributed by atoms with Gasteiger partial charge in [0, 0.05) is 11.1 Å². The number of ether oxygens (including phenoxy) is 1. The van der Waals surface area contributed by atoms with Crippen molar-refractivity contribution in [3.05, 3.63) is 49.2 Å². The molecule has 0 saturated carbocycles. The number of fused-ring (bicyclic) bond motifs is 5. The zero-order valence-corrected chi connectivity index (χ0v) is 16.9. The number of carbonyl (C=O) groups excluding carboxylic acids is 1. The number of cyclic esters (lactones) is 1. The van der Waals surface area contributed by atoms with Crippen molar-refractivity contribution in [2.45, 2.75) is 58.8 Å². The predicted octanol–water partition coefficient (Wildman–Crippen LogP) is 1.09. The third kappa shape index (κ3) is 2.35.